The molecule has 3 aromatic heterocycles. The fourth-order valence-electron chi connectivity index (χ4n) is 3.11. The predicted octanol–water partition coefficient (Wildman–Crippen LogP) is 3.23. The Bertz CT molecular complexity index is 1100. The SMILES string of the molecule is COc1ccc2c(c1)c(-c1n[nH]c(=S)n1N)c(C)n2Cc1ccco1. The van der Waals surface area contributed by atoms with Gasteiger partial charge in [0.05, 0.1) is 19.9 Å². The molecular weight excluding hydrogens is 338 g/mol. The fraction of sp³-hybridized carbons (Fsp3) is 0.176. The number of H-pyrrole nitrogens is 1. The molecule has 1 aromatic carbocycles. The molecule has 128 valence electrons. The van der Waals surface area contributed by atoms with E-state index < -0.39 is 0 Å². The average molecular weight is 355 g/mol. The Morgan fingerprint density at radius 3 is 2.84 bits per heavy atom. The number of nitrogen functional groups attached to an aromatic ring is 1. The third-order valence-corrected chi connectivity index (χ3v) is 4.64. The summed E-state index contributed by atoms with van der Waals surface area (Å²) in [7, 11) is 1.65. The van der Waals surface area contributed by atoms with Gasteiger partial charge in [0.25, 0.3) is 0 Å². The maximum atomic E-state index is 6.07. The standard InChI is InChI=1S/C17H17N5O2S/c1-10-15(16-19-20-17(25)22(16)18)13-8-11(23-2)5-6-14(13)21(10)9-12-4-3-7-24-12/h3-8H,9,18H2,1-2H3,(H,20,25). The highest BCUT2D eigenvalue weighted by atomic mass is 32.1. The summed E-state index contributed by atoms with van der Waals surface area (Å²) in [5.74, 6) is 8.29. The van der Waals surface area contributed by atoms with E-state index in [-0.39, 0.29) is 0 Å². The summed E-state index contributed by atoms with van der Waals surface area (Å²) in [6, 6.07) is 9.77. The zero-order valence-electron chi connectivity index (χ0n) is 13.8. The number of fused-ring (bicyclic) bond motifs is 1. The monoisotopic (exact) mass is 355 g/mol. The van der Waals surface area contributed by atoms with Crippen molar-refractivity contribution < 1.29 is 9.15 Å². The molecule has 0 saturated carbocycles. The third kappa shape index (κ3) is 2.42. The lowest BCUT2D eigenvalue weighted by molar-refractivity contribution is 0.415. The third-order valence-electron chi connectivity index (χ3n) is 4.35. The topological polar surface area (TPSA) is 86.9 Å². The van der Waals surface area contributed by atoms with Crippen LogP contribution in [0.15, 0.2) is 41.0 Å². The summed E-state index contributed by atoms with van der Waals surface area (Å²) in [5.41, 5.74) is 2.97. The number of nitrogens with two attached hydrogens (primary N) is 1. The maximum absolute atomic E-state index is 6.07. The summed E-state index contributed by atoms with van der Waals surface area (Å²) >= 11 is 5.16. The van der Waals surface area contributed by atoms with Gasteiger partial charge in [-0.3, -0.25) is 0 Å². The van der Waals surface area contributed by atoms with Gasteiger partial charge in [0.15, 0.2) is 5.82 Å². The molecule has 3 heterocycles. The van der Waals surface area contributed by atoms with E-state index in [1.807, 2.05) is 37.3 Å². The number of hydrogen-bond donors (Lipinski definition) is 2. The molecule has 0 radical (unpaired) electrons. The summed E-state index contributed by atoms with van der Waals surface area (Å²) in [6.45, 7) is 2.64. The number of aromatic nitrogens is 4. The van der Waals surface area contributed by atoms with Gasteiger partial charge < -0.3 is 19.6 Å². The minimum absolute atomic E-state index is 0.365. The fourth-order valence-corrected chi connectivity index (χ4v) is 3.25. The van der Waals surface area contributed by atoms with Crippen molar-refractivity contribution >= 4 is 23.1 Å². The van der Waals surface area contributed by atoms with Crippen LogP contribution in [0, 0.1) is 11.7 Å². The summed E-state index contributed by atoms with van der Waals surface area (Å²) < 4.78 is 14.8. The lowest BCUT2D eigenvalue weighted by Gasteiger charge is -2.07. The number of nitrogens with one attached hydrogen (secondary N) is 1. The second-order valence-corrected chi connectivity index (χ2v) is 6.12. The van der Waals surface area contributed by atoms with Crippen molar-refractivity contribution in [1.82, 2.24) is 19.4 Å². The molecule has 0 atom stereocenters. The molecule has 7 nitrogen and oxygen atoms in total. The van der Waals surface area contributed by atoms with Crippen molar-refractivity contribution in [3.8, 4) is 17.1 Å². The molecule has 0 saturated heterocycles. The van der Waals surface area contributed by atoms with Crippen LogP contribution in [0.25, 0.3) is 22.3 Å². The van der Waals surface area contributed by atoms with Crippen LogP contribution >= 0.6 is 12.2 Å². The van der Waals surface area contributed by atoms with Gasteiger partial charge >= 0.3 is 0 Å². The molecule has 3 N–H and O–H groups in total. The highest BCUT2D eigenvalue weighted by Gasteiger charge is 2.21. The van der Waals surface area contributed by atoms with Crippen LogP contribution in [0.3, 0.4) is 0 Å². The predicted molar refractivity (Wildman–Crippen MR) is 97.6 cm³/mol. The Balaban J connectivity index is 2.02. The Morgan fingerprint density at radius 1 is 1.36 bits per heavy atom. The highest BCUT2D eigenvalue weighted by Crippen LogP contribution is 2.35. The minimum atomic E-state index is 0.365. The van der Waals surface area contributed by atoms with Gasteiger partial charge in [-0.1, -0.05) is 0 Å². The van der Waals surface area contributed by atoms with Gasteiger partial charge in [-0.25, -0.2) is 9.77 Å². The van der Waals surface area contributed by atoms with Gasteiger partial charge in [0.1, 0.15) is 11.5 Å². The molecule has 0 amide bonds. The van der Waals surface area contributed by atoms with Crippen LogP contribution in [-0.2, 0) is 6.54 Å². The van der Waals surface area contributed by atoms with E-state index in [2.05, 4.69) is 14.8 Å². The number of nitrogens with zero attached hydrogens (tertiary/aromatic N) is 3. The molecule has 0 aliphatic rings. The summed E-state index contributed by atoms with van der Waals surface area (Å²) in [5, 5.41) is 8.04. The smallest absolute Gasteiger partial charge is 0.214 e. The lowest BCUT2D eigenvalue weighted by Crippen LogP contribution is -2.10. The van der Waals surface area contributed by atoms with Crippen molar-refractivity contribution in [2.45, 2.75) is 13.5 Å². The molecule has 0 spiro atoms. The number of benzene rings is 1. The largest absolute Gasteiger partial charge is 0.497 e. The quantitative estimate of drug-likeness (QED) is 0.433. The van der Waals surface area contributed by atoms with Gasteiger partial charge in [-0.2, -0.15) is 5.10 Å². The van der Waals surface area contributed by atoms with E-state index in [4.69, 9.17) is 27.2 Å². The molecule has 0 fully saturated rings. The Morgan fingerprint density at radius 2 is 2.20 bits per heavy atom. The van der Waals surface area contributed by atoms with Crippen molar-refractivity contribution in [1.29, 1.82) is 0 Å². The van der Waals surface area contributed by atoms with E-state index in [9.17, 15) is 0 Å². The van der Waals surface area contributed by atoms with Crippen molar-refractivity contribution in [2.75, 3.05) is 13.0 Å². The molecule has 0 bridgehead atoms. The van der Waals surface area contributed by atoms with Crippen LogP contribution in [0.1, 0.15) is 11.5 Å². The lowest BCUT2D eigenvalue weighted by atomic mass is 10.1. The van der Waals surface area contributed by atoms with Crippen LogP contribution in [0.5, 0.6) is 5.75 Å². The van der Waals surface area contributed by atoms with E-state index in [0.29, 0.717) is 17.1 Å². The van der Waals surface area contributed by atoms with Crippen molar-refractivity contribution in [3.63, 3.8) is 0 Å². The molecular formula is C17H17N5O2S. The number of hydrogen-bond acceptors (Lipinski definition) is 5. The van der Waals surface area contributed by atoms with E-state index in [0.717, 1.165) is 33.7 Å². The van der Waals surface area contributed by atoms with E-state index in [1.54, 1.807) is 13.4 Å². The molecule has 4 rings (SSSR count). The van der Waals surface area contributed by atoms with Crippen LogP contribution in [-0.4, -0.2) is 26.6 Å². The van der Waals surface area contributed by atoms with Crippen molar-refractivity contribution in [3.05, 3.63) is 52.8 Å². The first-order valence-electron chi connectivity index (χ1n) is 7.72. The van der Waals surface area contributed by atoms with Gasteiger partial charge in [0, 0.05) is 22.2 Å². The number of aromatic amines is 1. The van der Waals surface area contributed by atoms with Crippen molar-refractivity contribution in [2.24, 2.45) is 0 Å². The molecule has 8 heteroatoms. The molecule has 4 aromatic rings. The normalized spacial score (nSPS) is 11.3. The van der Waals surface area contributed by atoms with Crippen LogP contribution in [0.4, 0.5) is 0 Å². The second kappa shape index (κ2) is 5.82. The first kappa shape index (κ1) is 15.5. The first-order valence-corrected chi connectivity index (χ1v) is 8.13. The van der Waals surface area contributed by atoms with E-state index in [1.165, 1.54) is 4.68 Å². The van der Waals surface area contributed by atoms with Gasteiger partial charge in [-0.15, -0.1) is 0 Å². The highest BCUT2D eigenvalue weighted by molar-refractivity contribution is 7.71. The molecule has 0 aliphatic heterocycles. The van der Waals surface area contributed by atoms with Gasteiger partial charge in [-0.05, 0) is 49.5 Å². The summed E-state index contributed by atoms with van der Waals surface area (Å²) in [4.78, 5) is 0. The number of methoxy groups -OCH3 is 1. The minimum Gasteiger partial charge on any atom is -0.497 e. The number of rotatable bonds is 4. The average Bonchev–Trinajstić information content (AvgIpc) is 3.30. The second-order valence-electron chi connectivity index (χ2n) is 5.73. The molecule has 0 unspecified atom stereocenters. The van der Waals surface area contributed by atoms with E-state index >= 15 is 0 Å². The molecule has 25 heavy (non-hydrogen) atoms. The number of furan rings is 1. The Kier molecular flexibility index (Phi) is 3.61. The Hall–Kier alpha value is -3.00. The van der Waals surface area contributed by atoms with Crippen LogP contribution in [0.2, 0.25) is 0 Å². The molecule has 0 aliphatic carbocycles. The van der Waals surface area contributed by atoms with Gasteiger partial charge in [0.2, 0.25) is 4.77 Å². The first-order chi connectivity index (χ1) is 12.1. The zero-order chi connectivity index (χ0) is 17.6. The maximum Gasteiger partial charge on any atom is 0.214 e. The zero-order valence-corrected chi connectivity index (χ0v) is 14.6. The number of ether oxygens (including phenoxy) is 1. The Labute approximate surface area is 148 Å². The summed E-state index contributed by atoms with van der Waals surface area (Å²) in [6.07, 6.45) is 1.67. The van der Waals surface area contributed by atoms with Crippen LogP contribution < -0.4 is 10.6 Å².